The van der Waals surface area contributed by atoms with Crippen LogP contribution in [0.3, 0.4) is 0 Å². The summed E-state index contributed by atoms with van der Waals surface area (Å²) in [7, 11) is 6.24. The van der Waals surface area contributed by atoms with E-state index in [1.165, 1.54) is 24.3 Å². The van der Waals surface area contributed by atoms with Gasteiger partial charge in [-0.3, -0.25) is 10.1 Å². The van der Waals surface area contributed by atoms with E-state index in [2.05, 4.69) is 0 Å². The highest BCUT2D eigenvalue weighted by Crippen LogP contribution is 2.52. The molecule has 2 aliphatic rings. The second-order valence-corrected chi connectivity index (χ2v) is 9.44. The molecule has 1 aliphatic carbocycles. The van der Waals surface area contributed by atoms with E-state index in [9.17, 15) is 14.9 Å². The van der Waals surface area contributed by atoms with E-state index in [1.54, 1.807) is 28.4 Å². The number of nitro groups is 1. The van der Waals surface area contributed by atoms with Crippen LogP contribution in [0.4, 0.5) is 10.5 Å². The molecule has 0 aromatic heterocycles. The van der Waals surface area contributed by atoms with Gasteiger partial charge in [0.05, 0.1) is 32.9 Å². The van der Waals surface area contributed by atoms with Crippen LogP contribution < -0.4 is 28.4 Å². The van der Waals surface area contributed by atoms with Gasteiger partial charge in [0.25, 0.3) is 5.69 Å². The van der Waals surface area contributed by atoms with Crippen molar-refractivity contribution >= 4 is 11.8 Å². The molecule has 1 unspecified atom stereocenters. The predicted octanol–water partition coefficient (Wildman–Crippen LogP) is 5.40. The highest BCUT2D eigenvalue weighted by molar-refractivity contribution is 5.65. The number of nitro benzene ring substituents is 1. The number of carbonyl (C=O) groups excluding carboxylic acids is 1. The molecule has 0 amide bonds. The molecule has 0 saturated carbocycles. The van der Waals surface area contributed by atoms with E-state index in [1.807, 2.05) is 24.3 Å². The van der Waals surface area contributed by atoms with Gasteiger partial charge in [0, 0.05) is 36.6 Å². The number of fused-ring (bicyclic) bond motifs is 2. The summed E-state index contributed by atoms with van der Waals surface area (Å²) >= 11 is 0. The third kappa shape index (κ3) is 5.50. The average Bonchev–Trinajstić information content (AvgIpc) is 3.44. The highest BCUT2D eigenvalue weighted by Gasteiger charge is 2.41. The van der Waals surface area contributed by atoms with Gasteiger partial charge in [0.1, 0.15) is 11.9 Å². The molecule has 0 spiro atoms. The van der Waals surface area contributed by atoms with Crippen molar-refractivity contribution in [1.29, 1.82) is 0 Å². The van der Waals surface area contributed by atoms with Crippen LogP contribution in [0.25, 0.3) is 0 Å². The van der Waals surface area contributed by atoms with Crippen LogP contribution in [0, 0.1) is 16.0 Å². The average molecular weight is 568 g/mol. The summed E-state index contributed by atoms with van der Waals surface area (Å²) < 4.78 is 44.8. The summed E-state index contributed by atoms with van der Waals surface area (Å²) in [5, 5.41) is 10.9. The topological polar surface area (TPSA) is 134 Å². The Bertz CT molecular complexity index is 1410. The number of carbonyl (C=O) groups is 1. The second-order valence-electron chi connectivity index (χ2n) is 9.44. The number of hydrogen-bond donors (Lipinski definition) is 0. The molecule has 3 aromatic carbocycles. The monoisotopic (exact) mass is 567 g/mol. The van der Waals surface area contributed by atoms with Gasteiger partial charge in [-0.1, -0.05) is 0 Å². The Morgan fingerprint density at radius 2 is 1.56 bits per heavy atom. The van der Waals surface area contributed by atoms with Crippen molar-refractivity contribution in [3.05, 3.63) is 75.3 Å². The molecule has 12 nitrogen and oxygen atoms in total. The van der Waals surface area contributed by atoms with Gasteiger partial charge in [0.15, 0.2) is 23.0 Å². The minimum Gasteiger partial charge on any atom is -0.493 e. The Morgan fingerprint density at radius 1 is 0.927 bits per heavy atom. The second kappa shape index (κ2) is 11.8. The van der Waals surface area contributed by atoms with Crippen molar-refractivity contribution in [3.63, 3.8) is 0 Å². The van der Waals surface area contributed by atoms with Gasteiger partial charge < -0.3 is 37.9 Å². The Kier molecular flexibility index (Phi) is 8.02. The quantitative estimate of drug-likeness (QED) is 0.142. The van der Waals surface area contributed by atoms with Crippen LogP contribution in [0.2, 0.25) is 0 Å². The van der Waals surface area contributed by atoms with Crippen LogP contribution in [-0.2, 0) is 9.47 Å². The summed E-state index contributed by atoms with van der Waals surface area (Å²) in [6, 6.07) is 12.7. The molecule has 216 valence electrons. The largest absolute Gasteiger partial charge is 0.514 e. The van der Waals surface area contributed by atoms with Crippen molar-refractivity contribution in [2.75, 3.05) is 41.8 Å². The van der Waals surface area contributed by atoms with Gasteiger partial charge in [-0.2, -0.15) is 0 Å². The van der Waals surface area contributed by atoms with E-state index in [0.29, 0.717) is 40.7 Å². The molecule has 5 rings (SSSR count). The zero-order valence-corrected chi connectivity index (χ0v) is 22.9. The van der Waals surface area contributed by atoms with Crippen molar-refractivity contribution in [2.45, 2.75) is 18.4 Å². The molecule has 0 radical (unpaired) electrons. The lowest BCUT2D eigenvalue weighted by atomic mass is 9.72. The molecular formula is C29H29NO11. The Labute approximate surface area is 235 Å². The molecule has 12 heteroatoms. The maximum Gasteiger partial charge on any atom is 0.514 e. The van der Waals surface area contributed by atoms with E-state index >= 15 is 0 Å². The SMILES string of the molecule is COCC1C[C@H](c2cc(OC)c(OC)c(OC)c2)c2cc3c(cc2[C@@H]1OC(=O)Oc1ccc([N+](=O)[O-])cc1)OCO3. The number of ether oxygens (including phenoxy) is 8. The molecule has 3 atom stereocenters. The molecule has 0 saturated heterocycles. The van der Waals surface area contributed by atoms with E-state index < -0.39 is 17.2 Å². The molecular weight excluding hydrogens is 538 g/mol. The molecule has 1 aliphatic heterocycles. The number of methoxy groups -OCH3 is 4. The smallest absolute Gasteiger partial charge is 0.493 e. The standard InChI is InChI=1S/C29H29NO11/c1-34-14-17-9-20(16-10-25(35-2)28(37-4)26(11-16)36-3)21-12-23-24(39-15-38-23)13-22(21)27(17)41-29(31)40-19-7-5-18(6-8-19)30(32)33/h5-8,10-13,17,20,27H,9,14-15H2,1-4H3/t17?,20-,27-/m1/s1. The maximum atomic E-state index is 13.0. The number of non-ortho nitro benzene ring substituents is 1. The zero-order chi connectivity index (χ0) is 29.1. The first-order valence-corrected chi connectivity index (χ1v) is 12.7. The van der Waals surface area contributed by atoms with Crippen molar-refractivity contribution in [1.82, 2.24) is 0 Å². The van der Waals surface area contributed by atoms with Gasteiger partial charge in [-0.15, -0.1) is 0 Å². The molecule has 0 bridgehead atoms. The Balaban J connectivity index is 1.53. The summed E-state index contributed by atoms with van der Waals surface area (Å²) in [5.41, 5.74) is 2.35. The normalized spacial score (nSPS) is 18.7. The fourth-order valence-corrected chi connectivity index (χ4v) is 5.34. The highest BCUT2D eigenvalue weighted by atomic mass is 16.7. The molecule has 1 heterocycles. The summed E-state index contributed by atoms with van der Waals surface area (Å²) in [6.45, 7) is 0.354. The third-order valence-electron chi connectivity index (χ3n) is 7.17. The van der Waals surface area contributed by atoms with Gasteiger partial charge in [-0.25, -0.2) is 4.79 Å². The lowest BCUT2D eigenvalue weighted by molar-refractivity contribution is -0.384. The first kappa shape index (κ1) is 27.8. The minimum absolute atomic E-state index is 0.0717. The lowest BCUT2D eigenvalue weighted by Gasteiger charge is -2.37. The van der Waals surface area contributed by atoms with Crippen molar-refractivity contribution in [3.8, 4) is 34.5 Å². The first-order valence-electron chi connectivity index (χ1n) is 12.7. The van der Waals surface area contributed by atoms with Gasteiger partial charge in [-0.05, 0) is 53.9 Å². The van der Waals surface area contributed by atoms with Crippen molar-refractivity contribution in [2.24, 2.45) is 5.92 Å². The Hall–Kier alpha value is -4.71. The number of rotatable bonds is 9. The zero-order valence-electron chi connectivity index (χ0n) is 22.9. The molecule has 0 N–H and O–H groups in total. The predicted molar refractivity (Wildman–Crippen MR) is 143 cm³/mol. The number of nitrogens with zero attached hydrogens (tertiary/aromatic N) is 1. The minimum atomic E-state index is -0.959. The van der Waals surface area contributed by atoms with Crippen LogP contribution in [0.1, 0.15) is 35.1 Å². The van der Waals surface area contributed by atoms with Crippen molar-refractivity contribution < 1.29 is 47.6 Å². The fraction of sp³-hybridized carbons (Fsp3) is 0.345. The van der Waals surface area contributed by atoms with Crippen LogP contribution >= 0.6 is 0 Å². The first-order chi connectivity index (χ1) is 19.9. The van der Waals surface area contributed by atoms with E-state index in [0.717, 1.165) is 11.1 Å². The summed E-state index contributed by atoms with van der Waals surface area (Å²) in [6.07, 6.45) is -1.17. The van der Waals surface area contributed by atoms with E-state index in [4.69, 9.17) is 37.9 Å². The van der Waals surface area contributed by atoms with Crippen LogP contribution in [-0.4, -0.2) is 52.9 Å². The van der Waals surface area contributed by atoms with Crippen LogP contribution in [0.5, 0.6) is 34.5 Å². The maximum absolute atomic E-state index is 13.0. The lowest BCUT2D eigenvalue weighted by Crippen LogP contribution is -2.31. The van der Waals surface area contributed by atoms with Crippen LogP contribution in [0.15, 0.2) is 48.5 Å². The van der Waals surface area contributed by atoms with Gasteiger partial charge in [0.2, 0.25) is 12.5 Å². The molecule has 3 aromatic rings. The number of hydrogen-bond acceptors (Lipinski definition) is 11. The van der Waals surface area contributed by atoms with E-state index in [-0.39, 0.29) is 36.7 Å². The van der Waals surface area contributed by atoms with Gasteiger partial charge >= 0.3 is 6.16 Å². The Morgan fingerprint density at radius 3 is 2.12 bits per heavy atom. The fourth-order valence-electron chi connectivity index (χ4n) is 5.34. The molecule has 0 fully saturated rings. The summed E-state index contributed by atoms with van der Waals surface area (Å²) in [4.78, 5) is 23.4. The summed E-state index contributed by atoms with van der Waals surface area (Å²) in [5.74, 6) is 2.27. The number of benzene rings is 3. The molecule has 41 heavy (non-hydrogen) atoms. The third-order valence-corrected chi connectivity index (χ3v) is 7.17.